The van der Waals surface area contributed by atoms with Crippen molar-refractivity contribution < 1.29 is 19.1 Å². The number of benzene rings is 2. The molecule has 0 radical (unpaired) electrons. The predicted octanol–water partition coefficient (Wildman–Crippen LogP) is 4.77. The molecule has 0 saturated carbocycles. The highest BCUT2D eigenvalue weighted by Crippen LogP contribution is 2.15. The second-order valence-corrected chi connectivity index (χ2v) is 8.76. The van der Waals surface area contributed by atoms with Crippen molar-refractivity contribution in [1.82, 2.24) is 20.8 Å². The van der Waals surface area contributed by atoms with Crippen LogP contribution >= 0.6 is 23.2 Å². The van der Waals surface area contributed by atoms with Crippen molar-refractivity contribution in [2.45, 2.75) is 0 Å². The quantitative estimate of drug-likeness (QED) is 0.150. The molecular weight excluding hydrogens is 555 g/mol. The summed E-state index contributed by atoms with van der Waals surface area (Å²) in [5.41, 5.74) is 6.98. The van der Waals surface area contributed by atoms with E-state index in [2.05, 4.69) is 31.0 Å². The molecule has 0 aliphatic heterocycles. The van der Waals surface area contributed by atoms with Gasteiger partial charge in [0.25, 0.3) is 11.8 Å². The van der Waals surface area contributed by atoms with Gasteiger partial charge in [0.2, 0.25) is 0 Å². The Morgan fingerprint density at radius 1 is 0.675 bits per heavy atom. The molecule has 4 rings (SSSR count). The number of carbonyl (C=O) groups is 2. The molecule has 0 aliphatic carbocycles. The Morgan fingerprint density at radius 2 is 1.07 bits per heavy atom. The molecular formula is C28H22Cl2N6O4. The van der Waals surface area contributed by atoms with E-state index in [1.165, 1.54) is 49.3 Å². The summed E-state index contributed by atoms with van der Waals surface area (Å²) in [6.07, 6.45) is 8.77. The molecule has 2 N–H and O–H groups in total. The average molecular weight is 577 g/mol. The number of halogens is 2. The van der Waals surface area contributed by atoms with E-state index in [-0.39, 0.29) is 10.0 Å². The molecule has 12 heteroatoms. The first kappa shape index (κ1) is 28.2. The summed E-state index contributed by atoms with van der Waals surface area (Å²) >= 11 is 11.9. The van der Waals surface area contributed by atoms with Crippen LogP contribution in [0.2, 0.25) is 10.0 Å². The van der Waals surface area contributed by atoms with E-state index in [4.69, 9.17) is 32.7 Å². The van der Waals surface area contributed by atoms with Crippen LogP contribution in [0.3, 0.4) is 0 Å². The number of nitrogens with zero attached hydrogens (tertiary/aromatic N) is 4. The normalized spacial score (nSPS) is 10.9. The van der Waals surface area contributed by atoms with E-state index in [1.807, 2.05) is 0 Å². The van der Waals surface area contributed by atoms with Gasteiger partial charge in [0.05, 0.1) is 33.6 Å². The van der Waals surface area contributed by atoms with Gasteiger partial charge in [0, 0.05) is 24.8 Å². The van der Waals surface area contributed by atoms with Crippen molar-refractivity contribution in [2.75, 3.05) is 13.2 Å². The Kier molecular flexibility index (Phi) is 10.1. The highest BCUT2D eigenvalue weighted by Gasteiger charge is 2.09. The molecule has 2 aromatic heterocycles. The van der Waals surface area contributed by atoms with Gasteiger partial charge in [-0.05, 0) is 71.8 Å². The van der Waals surface area contributed by atoms with E-state index in [9.17, 15) is 9.59 Å². The molecule has 0 atom stereocenters. The van der Waals surface area contributed by atoms with Crippen LogP contribution in [0.1, 0.15) is 31.8 Å². The third kappa shape index (κ3) is 8.35. The molecule has 0 bridgehead atoms. The van der Waals surface area contributed by atoms with E-state index < -0.39 is 11.8 Å². The smallest absolute Gasteiger partial charge is 0.272 e. The van der Waals surface area contributed by atoms with Gasteiger partial charge >= 0.3 is 0 Å². The lowest BCUT2D eigenvalue weighted by Crippen LogP contribution is -2.18. The van der Waals surface area contributed by atoms with Crippen LogP contribution in [0.5, 0.6) is 11.5 Å². The van der Waals surface area contributed by atoms with Crippen LogP contribution in [-0.4, -0.2) is 47.4 Å². The summed E-state index contributed by atoms with van der Waals surface area (Å²) in [6.45, 7) is 0.673. The monoisotopic (exact) mass is 576 g/mol. The lowest BCUT2D eigenvalue weighted by molar-refractivity contribution is 0.0947. The molecule has 0 fully saturated rings. The number of ether oxygens (including phenoxy) is 2. The zero-order valence-corrected chi connectivity index (χ0v) is 22.3. The number of amides is 2. The highest BCUT2D eigenvalue weighted by molar-refractivity contribution is 6.34. The van der Waals surface area contributed by atoms with Crippen LogP contribution in [0, 0.1) is 0 Å². The maximum atomic E-state index is 12.1. The van der Waals surface area contributed by atoms with Crippen molar-refractivity contribution in [2.24, 2.45) is 10.2 Å². The SMILES string of the molecule is O=C(N/N=C/c1ccc(OCCOc2ccc(/C=N/NC(=O)c3ccncc3Cl)cc2)cc1)c1ccncc1Cl. The van der Waals surface area contributed by atoms with Crippen LogP contribution in [0.25, 0.3) is 0 Å². The van der Waals surface area contributed by atoms with E-state index in [1.54, 1.807) is 48.5 Å². The molecule has 4 aromatic rings. The van der Waals surface area contributed by atoms with Crippen LogP contribution in [0.15, 0.2) is 95.7 Å². The fourth-order valence-corrected chi connectivity index (χ4v) is 3.60. The Bertz CT molecular complexity index is 1400. The molecule has 40 heavy (non-hydrogen) atoms. The number of hydrazone groups is 2. The summed E-state index contributed by atoms with van der Waals surface area (Å²) in [7, 11) is 0. The lowest BCUT2D eigenvalue weighted by Gasteiger charge is -2.09. The van der Waals surface area contributed by atoms with Crippen molar-refractivity contribution in [1.29, 1.82) is 0 Å². The third-order valence-corrected chi connectivity index (χ3v) is 5.78. The van der Waals surface area contributed by atoms with Crippen molar-refractivity contribution in [3.8, 4) is 11.5 Å². The minimum atomic E-state index is -0.428. The number of hydrogen-bond acceptors (Lipinski definition) is 8. The standard InChI is InChI=1S/C28H22Cl2N6O4/c29-25-17-31-11-9-23(25)27(37)35-33-15-19-1-5-21(6-2-19)39-13-14-40-22-7-3-20(4-8-22)16-34-36-28(38)24-10-12-32-18-26(24)30/h1-12,15-18H,13-14H2,(H,35,37)(H,36,38)/b33-15+,34-16+. The minimum Gasteiger partial charge on any atom is -0.490 e. The van der Waals surface area contributed by atoms with Gasteiger partial charge < -0.3 is 9.47 Å². The van der Waals surface area contributed by atoms with E-state index >= 15 is 0 Å². The molecule has 10 nitrogen and oxygen atoms in total. The largest absolute Gasteiger partial charge is 0.490 e. The molecule has 2 heterocycles. The second kappa shape index (κ2) is 14.4. The van der Waals surface area contributed by atoms with Gasteiger partial charge in [-0.2, -0.15) is 10.2 Å². The summed E-state index contributed by atoms with van der Waals surface area (Å²) < 4.78 is 11.4. The molecule has 0 unspecified atom stereocenters. The zero-order valence-electron chi connectivity index (χ0n) is 20.8. The molecule has 202 valence electrons. The van der Waals surface area contributed by atoms with Gasteiger partial charge in [0.15, 0.2) is 0 Å². The molecule has 0 aliphatic rings. The van der Waals surface area contributed by atoms with Gasteiger partial charge in [0.1, 0.15) is 24.7 Å². The Labute approximate surface area is 239 Å². The number of aromatic nitrogens is 2. The zero-order chi connectivity index (χ0) is 28.2. The Hall–Kier alpha value is -4.80. The summed E-state index contributed by atoms with van der Waals surface area (Å²) in [5, 5.41) is 8.39. The first-order valence-electron chi connectivity index (χ1n) is 11.8. The van der Waals surface area contributed by atoms with Crippen LogP contribution < -0.4 is 20.3 Å². The third-order valence-electron chi connectivity index (χ3n) is 5.17. The molecule has 0 spiro atoms. The summed E-state index contributed by atoms with van der Waals surface area (Å²) in [4.78, 5) is 31.9. The number of carbonyl (C=O) groups excluding carboxylic acids is 2. The number of pyridine rings is 2. The Morgan fingerprint density at radius 3 is 1.45 bits per heavy atom. The second-order valence-electron chi connectivity index (χ2n) is 7.94. The first-order chi connectivity index (χ1) is 19.5. The maximum absolute atomic E-state index is 12.1. The topological polar surface area (TPSA) is 127 Å². The van der Waals surface area contributed by atoms with Gasteiger partial charge in [-0.3, -0.25) is 19.6 Å². The van der Waals surface area contributed by atoms with Crippen molar-refractivity contribution in [3.05, 3.63) is 118 Å². The van der Waals surface area contributed by atoms with Gasteiger partial charge in [-0.15, -0.1) is 0 Å². The fourth-order valence-electron chi connectivity index (χ4n) is 3.19. The fraction of sp³-hybridized carbons (Fsp3) is 0.0714. The van der Waals surface area contributed by atoms with Crippen LogP contribution in [-0.2, 0) is 0 Å². The number of hydrogen-bond donors (Lipinski definition) is 2. The van der Waals surface area contributed by atoms with Gasteiger partial charge in [-0.1, -0.05) is 23.2 Å². The van der Waals surface area contributed by atoms with E-state index in [0.29, 0.717) is 35.8 Å². The van der Waals surface area contributed by atoms with Crippen LogP contribution in [0.4, 0.5) is 0 Å². The predicted molar refractivity (Wildman–Crippen MR) is 152 cm³/mol. The lowest BCUT2D eigenvalue weighted by atomic mass is 10.2. The summed E-state index contributed by atoms with van der Waals surface area (Å²) in [6, 6.07) is 17.4. The van der Waals surface area contributed by atoms with Crippen molar-refractivity contribution in [3.63, 3.8) is 0 Å². The maximum Gasteiger partial charge on any atom is 0.272 e. The summed E-state index contributed by atoms with van der Waals surface area (Å²) in [5.74, 6) is 0.468. The first-order valence-corrected chi connectivity index (χ1v) is 12.6. The molecule has 0 saturated heterocycles. The molecule has 2 amide bonds. The van der Waals surface area contributed by atoms with E-state index in [0.717, 1.165) is 11.1 Å². The highest BCUT2D eigenvalue weighted by atomic mass is 35.5. The number of rotatable bonds is 11. The minimum absolute atomic E-state index is 0.249. The Balaban J connectivity index is 1.15. The van der Waals surface area contributed by atoms with Crippen molar-refractivity contribution >= 4 is 47.4 Å². The molecule has 2 aromatic carbocycles. The average Bonchev–Trinajstić information content (AvgIpc) is 2.97. The number of nitrogens with one attached hydrogen (secondary N) is 2. The van der Waals surface area contributed by atoms with Gasteiger partial charge in [-0.25, -0.2) is 10.9 Å².